The monoisotopic (exact) mass is 180 g/mol. The maximum Gasteiger partial charge on any atom is 0.197 e. The van der Waals surface area contributed by atoms with Gasteiger partial charge in [0.15, 0.2) is 6.33 Å². The molecule has 1 heterocycles. The summed E-state index contributed by atoms with van der Waals surface area (Å²) in [5.74, 6) is 0. The second-order valence-electron chi connectivity index (χ2n) is 2.76. The van der Waals surface area contributed by atoms with Crippen molar-refractivity contribution in [2.24, 2.45) is 0 Å². The van der Waals surface area contributed by atoms with Crippen LogP contribution in [0.5, 0.6) is 0 Å². The third-order valence-corrected chi connectivity index (χ3v) is 1.85. The summed E-state index contributed by atoms with van der Waals surface area (Å²) in [5, 5.41) is 8.72. The van der Waals surface area contributed by atoms with E-state index in [1.165, 1.54) is 0 Å². The molecule has 0 aliphatic carbocycles. The van der Waals surface area contributed by atoms with E-state index in [4.69, 9.17) is 5.26 Å². The van der Waals surface area contributed by atoms with Crippen molar-refractivity contribution in [3.63, 3.8) is 0 Å². The van der Waals surface area contributed by atoms with Crippen LogP contribution in [0.3, 0.4) is 0 Å². The first kappa shape index (κ1) is 8.39. The van der Waals surface area contributed by atoms with Crippen LogP contribution in [0.4, 0.5) is 0 Å². The molecule has 0 amide bonds. The minimum Gasteiger partial charge on any atom is -0.233 e. The highest BCUT2D eigenvalue weighted by Gasteiger charge is 1.98. The Bertz CT molecular complexity index is 471. The fourth-order valence-corrected chi connectivity index (χ4v) is 1.18. The molecule has 2 rings (SSSR count). The second-order valence-corrected chi connectivity index (χ2v) is 2.76. The summed E-state index contributed by atoms with van der Waals surface area (Å²) in [6.07, 6.45) is 5.81. The summed E-state index contributed by atoms with van der Waals surface area (Å²) in [6.45, 7) is 0. The van der Waals surface area contributed by atoms with Gasteiger partial charge in [0.1, 0.15) is 0 Å². The summed E-state index contributed by atoms with van der Waals surface area (Å²) < 4.78 is 0. The van der Waals surface area contributed by atoms with Crippen LogP contribution in [0.1, 0.15) is 5.56 Å². The van der Waals surface area contributed by atoms with Crippen LogP contribution in [-0.4, -0.2) is 9.97 Å². The van der Waals surface area contributed by atoms with E-state index in [1.54, 1.807) is 24.5 Å². The number of hydrogen-bond donors (Lipinski definition) is 0. The van der Waals surface area contributed by atoms with Crippen LogP contribution in [0.25, 0.3) is 11.1 Å². The first-order valence-electron chi connectivity index (χ1n) is 4.09. The standard InChI is InChI=1S/C11H6N3/c12-5-9-2-1-3-10(4-9)11-6-13-8-14-7-11/h1-4,6-7H. The Balaban J connectivity index is 2.49. The van der Waals surface area contributed by atoms with E-state index in [9.17, 15) is 0 Å². The van der Waals surface area contributed by atoms with E-state index in [0.29, 0.717) is 5.56 Å². The molecule has 0 spiro atoms. The topological polar surface area (TPSA) is 49.6 Å². The van der Waals surface area contributed by atoms with E-state index in [1.807, 2.05) is 12.1 Å². The third-order valence-electron chi connectivity index (χ3n) is 1.85. The zero-order chi connectivity index (χ0) is 9.80. The molecule has 65 valence electrons. The van der Waals surface area contributed by atoms with Crippen LogP contribution < -0.4 is 0 Å². The molecular weight excluding hydrogens is 174 g/mol. The molecule has 0 atom stereocenters. The van der Waals surface area contributed by atoms with Gasteiger partial charge in [0.2, 0.25) is 0 Å². The average molecular weight is 180 g/mol. The van der Waals surface area contributed by atoms with E-state index in [0.717, 1.165) is 11.1 Å². The van der Waals surface area contributed by atoms with Crippen molar-refractivity contribution in [3.8, 4) is 17.2 Å². The van der Waals surface area contributed by atoms with Gasteiger partial charge in [-0.25, -0.2) is 9.97 Å². The molecule has 0 aliphatic heterocycles. The lowest BCUT2D eigenvalue weighted by Gasteiger charge is -1.98. The Morgan fingerprint density at radius 3 is 2.64 bits per heavy atom. The molecule has 0 aliphatic rings. The molecule has 1 radical (unpaired) electrons. The second kappa shape index (κ2) is 3.67. The van der Waals surface area contributed by atoms with E-state index < -0.39 is 0 Å². The van der Waals surface area contributed by atoms with Crippen molar-refractivity contribution in [2.45, 2.75) is 0 Å². The number of hydrogen-bond acceptors (Lipinski definition) is 3. The van der Waals surface area contributed by atoms with Crippen molar-refractivity contribution < 1.29 is 0 Å². The Morgan fingerprint density at radius 1 is 1.14 bits per heavy atom. The van der Waals surface area contributed by atoms with Crippen molar-refractivity contribution in [1.29, 1.82) is 5.26 Å². The summed E-state index contributed by atoms with van der Waals surface area (Å²) in [4.78, 5) is 7.60. The zero-order valence-electron chi connectivity index (χ0n) is 7.31. The van der Waals surface area contributed by atoms with Gasteiger partial charge in [0, 0.05) is 18.0 Å². The Hall–Kier alpha value is -2.21. The maximum absolute atomic E-state index is 8.72. The Labute approximate surface area is 81.7 Å². The predicted octanol–water partition coefficient (Wildman–Crippen LogP) is 1.82. The van der Waals surface area contributed by atoms with Gasteiger partial charge in [0.05, 0.1) is 11.6 Å². The van der Waals surface area contributed by atoms with Crippen molar-refractivity contribution in [3.05, 3.63) is 48.5 Å². The molecule has 0 bridgehead atoms. The number of rotatable bonds is 1. The molecule has 1 aromatic heterocycles. The van der Waals surface area contributed by atoms with Gasteiger partial charge < -0.3 is 0 Å². The minimum absolute atomic E-state index is 0.635. The molecule has 3 nitrogen and oxygen atoms in total. The number of nitrogens with zero attached hydrogens (tertiary/aromatic N) is 3. The first-order chi connectivity index (χ1) is 6.90. The summed E-state index contributed by atoms with van der Waals surface area (Å²) in [7, 11) is 0. The lowest BCUT2D eigenvalue weighted by Crippen LogP contribution is -1.83. The van der Waals surface area contributed by atoms with E-state index >= 15 is 0 Å². The largest absolute Gasteiger partial charge is 0.233 e. The minimum atomic E-state index is 0.635. The first-order valence-corrected chi connectivity index (χ1v) is 4.09. The highest BCUT2D eigenvalue weighted by molar-refractivity contribution is 5.63. The summed E-state index contributed by atoms with van der Waals surface area (Å²) in [5.41, 5.74) is 2.47. The van der Waals surface area contributed by atoms with Gasteiger partial charge in [-0.2, -0.15) is 5.26 Å². The molecule has 0 saturated heterocycles. The number of benzene rings is 1. The highest BCUT2D eigenvalue weighted by Crippen LogP contribution is 2.17. The van der Waals surface area contributed by atoms with Crippen molar-refractivity contribution in [1.82, 2.24) is 9.97 Å². The molecule has 0 fully saturated rings. The molecule has 1 aromatic carbocycles. The average Bonchev–Trinajstić information content (AvgIpc) is 2.30. The van der Waals surface area contributed by atoms with Gasteiger partial charge in [-0.15, -0.1) is 0 Å². The fraction of sp³-hybridized carbons (Fsp3) is 0. The predicted molar refractivity (Wildman–Crippen MR) is 51.0 cm³/mol. The molecule has 2 aromatic rings. The molecule has 3 heteroatoms. The summed E-state index contributed by atoms with van der Waals surface area (Å²) >= 11 is 0. The number of nitriles is 1. The van der Waals surface area contributed by atoms with Gasteiger partial charge in [-0.3, -0.25) is 0 Å². The lowest BCUT2D eigenvalue weighted by molar-refractivity contribution is 1.15. The van der Waals surface area contributed by atoms with Gasteiger partial charge in [0.25, 0.3) is 0 Å². The SMILES string of the molecule is N#Cc1cccc(-c2cn[c]nc2)c1. The van der Waals surface area contributed by atoms with Crippen molar-refractivity contribution >= 4 is 0 Å². The molecule has 0 N–H and O–H groups in total. The van der Waals surface area contributed by atoms with E-state index in [-0.39, 0.29) is 0 Å². The molecular formula is C11H6N3. The van der Waals surface area contributed by atoms with Crippen LogP contribution >= 0.6 is 0 Å². The maximum atomic E-state index is 8.72. The number of aromatic nitrogens is 2. The summed E-state index contributed by atoms with van der Waals surface area (Å²) in [6, 6.07) is 9.41. The smallest absolute Gasteiger partial charge is 0.197 e. The lowest BCUT2D eigenvalue weighted by atomic mass is 10.1. The molecule has 0 saturated carbocycles. The van der Waals surface area contributed by atoms with Gasteiger partial charge in [-0.05, 0) is 17.7 Å². The van der Waals surface area contributed by atoms with Gasteiger partial charge >= 0.3 is 0 Å². The van der Waals surface area contributed by atoms with Gasteiger partial charge in [-0.1, -0.05) is 12.1 Å². The fourth-order valence-electron chi connectivity index (χ4n) is 1.18. The van der Waals surface area contributed by atoms with Crippen LogP contribution in [0, 0.1) is 17.7 Å². The normalized spacial score (nSPS) is 9.36. The van der Waals surface area contributed by atoms with E-state index in [2.05, 4.69) is 22.4 Å². The zero-order valence-corrected chi connectivity index (χ0v) is 7.31. The molecule has 14 heavy (non-hydrogen) atoms. The van der Waals surface area contributed by atoms with Crippen LogP contribution in [-0.2, 0) is 0 Å². The quantitative estimate of drug-likeness (QED) is 0.672. The Morgan fingerprint density at radius 2 is 1.93 bits per heavy atom. The highest BCUT2D eigenvalue weighted by atomic mass is 14.8. The third kappa shape index (κ3) is 1.59. The van der Waals surface area contributed by atoms with Crippen LogP contribution in [0.15, 0.2) is 36.7 Å². The van der Waals surface area contributed by atoms with Crippen molar-refractivity contribution in [2.75, 3.05) is 0 Å². The molecule has 0 unspecified atom stereocenters. The Kier molecular flexibility index (Phi) is 2.20. The van der Waals surface area contributed by atoms with Crippen LogP contribution in [0.2, 0.25) is 0 Å².